The van der Waals surface area contributed by atoms with Crippen LogP contribution < -0.4 is 20.7 Å². The molecule has 114 valence electrons. The molecule has 0 aromatic heterocycles. The van der Waals surface area contributed by atoms with Crippen molar-refractivity contribution in [1.82, 2.24) is 15.5 Å². The molecular weight excluding hydrogens is 272 g/mol. The highest BCUT2D eigenvalue weighted by Crippen LogP contribution is 2.16. The molecule has 2 rings (SSSR count). The average molecular weight is 292 g/mol. The Bertz CT molecular complexity index is 503. The van der Waals surface area contributed by atoms with E-state index in [0.29, 0.717) is 25.3 Å². The first-order valence-corrected chi connectivity index (χ1v) is 6.79. The number of anilines is 1. The lowest BCUT2D eigenvalue weighted by atomic mass is 10.2. The number of carbonyl (C=O) groups is 2. The number of methoxy groups -OCH3 is 1. The van der Waals surface area contributed by atoms with E-state index in [-0.39, 0.29) is 11.9 Å². The number of hydrogen-bond donors (Lipinski definition) is 3. The first-order chi connectivity index (χ1) is 10.2. The Hall–Kier alpha value is -2.28. The van der Waals surface area contributed by atoms with Gasteiger partial charge in [-0.05, 0) is 24.3 Å². The van der Waals surface area contributed by atoms with E-state index in [2.05, 4.69) is 16.0 Å². The summed E-state index contributed by atoms with van der Waals surface area (Å²) in [6, 6.07) is 6.27. The minimum Gasteiger partial charge on any atom is -0.497 e. The third-order valence-corrected chi connectivity index (χ3v) is 3.39. The van der Waals surface area contributed by atoms with Crippen LogP contribution in [-0.4, -0.2) is 56.7 Å². The van der Waals surface area contributed by atoms with Crippen LogP contribution in [-0.2, 0) is 4.79 Å². The Morgan fingerprint density at radius 2 is 2.05 bits per heavy atom. The van der Waals surface area contributed by atoms with Gasteiger partial charge in [-0.25, -0.2) is 4.79 Å². The van der Waals surface area contributed by atoms with Crippen molar-refractivity contribution in [3.63, 3.8) is 0 Å². The molecule has 1 aromatic carbocycles. The molecule has 0 saturated carbocycles. The second kappa shape index (κ2) is 6.94. The normalized spacial score (nSPS) is 18.0. The molecule has 0 radical (unpaired) electrons. The van der Waals surface area contributed by atoms with Gasteiger partial charge in [-0.2, -0.15) is 0 Å². The van der Waals surface area contributed by atoms with Crippen LogP contribution in [0.2, 0.25) is 0 Å². The van der Waals surface area contributed by atoms with E-state index in [1.807, 2.05) is 0 Å². The third-order valence-electron chi connectivity index (χ3n) is 3.39. The Kier molecular flexibility index (Phi) is 4.99. The molecule has 1 aromatic rings. The fraction of sp³-hybridized carbons (Fsp3) is 0.429. The molecule has 0 aliphatic carbocycles. The van der Waals surface area contributed by atoms with Crippen LogP contribution in [0.3, 0.4) is 0 Å². The van der Waals surface area contributed by atoms with Gasteiger partial charge in [0.1, 0.15) is 11.8 Å². The van der Waals surface area contributed by atoms with Gasteiger partial charge in [0.15, 0.2) is 0 Å². The molecule has 1 fully saturated rings. The summed E-state index contributed by atoms with van der Waals surface area (Å²) in [4.78, 5) is 25.7. The van der Waals surface area contributed by atoms with Crippen LogP contribution in [0.15, 0.2) is 24.3 Å². The van der Waals surface area contributed by atoms with Gasteiger partial charge < -0.3 is 25.6 Å². The van der Waals surface area contributed by atoms with Crippen LogP contribution in [0.1, 0.15) is 0 Å². The lowest BCUT2D eigenvalue weighted by Crippen LogP contribution is -2.60. The van der Waals surface area contributed by atoms with E-state index < -0.39 is 6.04 Å². The molecule has 3 N–H and O–H groups in total. The summed E-state index contributed by atoms with van der Waals surface area (Å²) in [6.45, 7) is 1.61. The van der Waals surface area contributed by atoms with Gasteiger partial charge in [0.25, 0.3) is 0 Å². The number of nitrogens with zero attached hydrogens (tertiary/aromatic N) is 1. The number of hydrogen-bond acceptors (Lipinski definition) is 4. The Morgan fingerprint density at radius 3 is 2.67 bits per heavy atom. The lowest BCUT2D eigenvalue weighted by molar-refractivity contribution is -0.125. The predicted molar refractivity (Wildman–Crippen MR) is 79.4 cm³/mol. The van der Waals surface area contributed by atoms with Gasteiger partial charge >= 0.3 is 6.03 Å². The molecule has 3 amide bonds. The topological polar surface area (TPSA) is 82.7 Å². The Labute approximate surface area is 123 Å². The highest BCUT2D eigenvalue weighted by atomic mass is 16.5. The standard InChI is InChI=1S/C14H20N4O3/c1-15-13(19)12-9-16-7-8-18(12)14(20)17-10-3-5-11(21-2)6-4-10/h3-6,12,16H,7-9H2,1-2H3,(H,15,19)(H,17,20). The molecule has 7 nitrogen and oxygen atoms in total. The first-order valence-electron chi connectivity index (χ1n) is 6.79. The van der Waals surface area contributed by atoms with Gasteiger partial charge in [-0.1, -0.05) is 0 Å². The first kappa shape index (κ1) is 15.1. The summed E-state index contributed by atoms with van der Waals surface area (Å²) in [6.07, 6.45) is 0. The smallest absolute Gasteiger partial charge is 0.322 e. The molecule has 1 saturated heterocycles. The summed E-state index contributed by atoms with van der Waals surface area (Å²) < 4.78 is 5.07. The highest BCUT2D eigenvalue weighted by Gasteiger charge is 2.31. The lowest BCUT2D eigenvalue weighted by Gasteiger charge is -2.34. The van der Waals surface area contributed by atoms with Crippen molar-refractivity contribution in [2.75, 3.05) is 39.1 Å². The minimum atomic E-state index is -0.498. The molecule has 0 spiro atoms. The van der Waals surface area contributed by atoms with Crippen LogP contribution in [0.4, 0.5) is 10.5 Å². The van der Waals surface area contributed by atoms with Crippen molar-refractivity contribution in [3.05, 3.63) is 24.3 Å². The summed E-state index contributed by atoms with van der Waals surface area (Å²) >= 11 is 0. The SMILES string of the molecule is CNC(=O)C1CNCCN1C(=O)Nc1ccc(OC)cc1. The zero-order valence-electron chi connectivity index (χ0n) is 12.2. The van der Waals surface area contributed by atoms with Crippen LogP contribution in [0, 0.1) is 0 Å². The summed E-state index contributed by atoms with van der Waals surface area (Å²) in [5, 5.41) is 8.49. The second-order valence-corrected chi connectivity index (χ2v) is 4.69. The number of carbonyl (C=O) groups excluding carboxylic acids is 2. The number of likely N-dealkylation sites (N-methyl/N-ethyl adjacent to an activating group) is 1. The molecule has 0 bridgehead atoms. The predicted octanol–water partition coefficient (Wildman–Crippen LogP) is 0.247. The van der Waals surface area contributed by atoms with E-state index in [1.54, 1.807) is 43.3 Å². The molecule has 1 unspecified atom stereocenters. The zero-order valence-corrected chi connectivity index (χ0v) is 12.2. The maximum atomic E-state index is 12.3. The number of ether oxygens (including phenoxy) is 1. The fourth-order valence-electron chi connectivity index (χ4n) is 2.22. The van der Waals surface area contributed by atoms with E-state index in [9.17, 15) is 9.59 Å². The molecule has 21 heavy (non-hydrogen) atoms. The minimum absolute atomic E-state index is 0.174. The van der Waals surface area contributed by atoms with Crippen LogP contribution in [0.25, 0.3) is 0 Å². The quantitative estimate of drug-likeness (QED) is 0.745. The van der Waals surface area contributed by atoms with Crippen LogP contribution >= 0.6 is 0 Å². The number of benzene rings is 1. The van der Waals surface area contributed by atoms with Gasteiger partial charge in [-0.3, -0.25) is 4.79 Å². The monoisotopic (exact) mass is 292 g/mol. The third kappa shape index (κ3) is 3.63. The fourth-order valence-corrected chi connectivity index (χ4v) is 2.22. The van der Waals surface area contributed by atoms with Gasteiger partial charge in [0.05, 0.1) is 7.11 Å². The van der Waals surface area contributed by atoms with E-state index >= 15 is 0 Å². The molecule has 1 aliphatic heterocycles. The average Bonchev–Trinajstić information content (AvgIpc) is 2.54. The largest absolute Gasteiger partial charge is 0.497 e. The maximum absolute atomic E-state index is 12.3. The van der Waals surface area contributed by atoms with Crippen molar-refractivity contribution in [3.8, 4) is 5.75 Å². The van der Waals surface area contributed by atoms with Crippen molar-refractivity contribution in [2.24, 2.45) is 0 Å². The summed E-state index contributed by atoms with van der Waals surface area (Å²) in [5.74, 6) is 0.547. The van der Waals surface area contributed by atoms with Gasteiger partial charge in [0, 0.05) is 32.4 Å². The summed E-state index contributed by atoms with van der Waals surface area (Å²) in [7, 11) is 3.15. The highest BCUT2D eigenvalue weighted by molar-refractivity contribution is 5.94. The van der Waals surface area contributed by atoms with E-state index in [1.165, 1.54) is 0 Å². The van der Waals surface area contributed by atoms with E-state index in [4.69, 9.17) is 4.74 Å². The Morgan fingerprint density at radius 1 is 1.33 bits per heavy atom. The van der Waals surface area contributed by atoms with Crippen molar-refractivity contribution in [1.29, 1.82) is 0 Å². The van der Waals surface area contributed by atoms with Crippen molar-refractivity contribution in [2.45, 2.75) is 6.04 Å². The van der Waals surface area contributed by atoms with Crippen molar-refractivity contribution >= 4 is 17.6 Å². The summed E-state index contributed by atoms with van der Waals surface area (Å²) in [5.41, 5.74) is 0.662. The number of nitrogens with one attached hydrogen (secondary N) is 3. The molecular formula is C14H20N4O3. The van der Waals surface area contributed by atoms with E-state index in [0.717, 1.165) is 5.75 Å². The zero-order chi connectivity index (χ0) is 15.2. The van der Waals surface area contributed by atoms with Gasteiger partial charge in [-0.15, -0.1) is 0 Å². The van der Waals surface area contributed by atoms with Crippen LogP contribution in [0.5, 0.6) is 5.75 Å². The molecule has 7 heteroatoms. The number of amides is 3. The molecule has 1 atom stereocenters. The number of rotatable bonds is 3. The second-order valence-electron chi connectivity index (χ2n) is 4.69. The van der Waals surface area contributed by atoms with Gasteiger partial charge in [0.2, 0.25) is 5.91 Å². The Balaban J connectivity index is 2.04. The molecule has 1 heterocycles. The number of urea groups is 1. The molecule has 1 aliphatic rings. The van der Waals surface area contributed by atoms with Crippen molar-refractivity contribution < 1.29 is 14.3 Å². The maximum Gasteiger partial charge on any atom is 0.322 e. The number of piperazine rings is 1.